The molecule has 4 rings (SSSR count). The average Bonchev–Trinajstić information content (AvgIpc) is 2.59. The van der Waals surface area contributed by atoms with Crippen LogP contribution in [0.25, 0.3) is 0 Å². The third-order valence-corrected chi connectivity index (χ3v) is 5.13. The van der Waals surface area contributed by atoms with Crippen molar-refractivity contribution in [3.8, 4) is 11.5 Å². The Morgan fingerprint density at radius 3 is 2.81 bits per heavy atom. The van der Waals surface area contributed by atoms with Crippen molar-refractivity contribution >= 4 is 23.3 Å². The van der Waals surface area contributed by atoms with E-state index in [-0.39, 0.29) is 41.2 Å². The second-order valence-electron chi connectivity index (χ2n) is 6.63. The van der Waals surface area contributed by atoms with E-state index in [9.17, 15) is 9.90 Å². The normalized spacial score (nSPS) is 15.8. The molecular weight excluding hydrogens is 377 g/mol. The van der Waals surface area contributed by atoms with Crippen molar-refractivity contribution < 1.29 is 48.9 Å². The molecule has 0 bridgehead atoms. The summed E-state index contributed by atoms with van der Waals surface area (Å²) in [5.41, 5.74) is 1.80. The van der Waals surface area contributed by atoms with Crippen molar-refractivity contribution in [1.82, 2.24) is 0 Å². The van der Waals surface area contributed by atoms with Gasteiger partial charge in [-0.25, -0.2) is 0 Å². The number of fused-ring (bicyclic) bond motifs is 1. The second kappa shape index (κ2) is 8.74. The number of carboxylic acids is 1. The quantitative estimate of drug-likeness (QED) is 0.669. The Morgan fingerprint density at radius 2 is 2.11 bits per heavy atom. The molecule has 2 aromatic carbocycles. The SMILES string of the molecule is O=C([O-])c1cccc2c1OCCN2Cc1cc(Cl)ccc1OC1CCC1.[Na+]. The van der Waals surface area contributed by atoms with Gasteiger partial charge < -0.3 is 24.3 Å². The fourth-order valence-corrected chi connectivity index (χ4v) is 3.48. The fraction of sp³-hybridized carbons (Fsp3) is 0.350. The molecule has 0 saturated heterocycles. The molecule has 7 heteroatoms. The molecule has 1 aliphatic heterocycles. The Labute approximate surface area is 185 Å². The van der Waals surface area contributed by atoms with Crippen LogP contribution < -0.4 is 49.0 Å². The maximum Gasteiger partial charge on any atom is 1.00 e. The van der Waals surface area contributed by atoms with E-state index in [0.29, 0.717) is 30.5 Å². The van der Waals surface area contributed by atoms with Crippen LogP contribution in [0, 0.1) is 0 Å². The summed E-state index contributed by atoms with van der Waals surface area (Å²) in [4.78, 5) is 13.4. The van der Waals surface area contributed by atoms with Crippen molar-refractivity contribution in [3.05, 3.63) is 52.5 Å². The second-order valence-corrected chi connectivity index (χ2v) is 7.07. The first-order valence-corrected chi connectivity index (χ1v) is 9.17. The van der Waals surface area contributed by atoms with E-state index in [1.54, 1.807) is 6.07 Å². The molecule has 0 aromatic heterocycles. The largest absolute Gasteiger partial charge is 1.00 e. The number of ether oxygens (including phenoxy) is 2. The van der Waals surface area contributed by atoms with E-state index >= 15 is 0 Å². The summed E-state index contributed by atoms with van der Waals surface area (Å²) in [6.07, 6.45) is 3.64. The zero-order valence-corrected chi connectivity index (χ0v) is 18.0. The molecule has 0 N–H and O–H groups in total. The molecule has 136 valence electrons. The van der Waals surface area contributed by atoms with Gasteiger partial charge in [0.05, 0.1) is 24.3 Å². The van der Waals surface area contributed by atoms with Gasteiger partial charge in [-0.2, -0.15) is 0 Å². The third kappa shape index (κ3) is 4.37. The molecule has 27 heavy (non-hydrogen) atoms. The van der Waals surface area contributed by atoms with Gasteiger partial charge in [0.1, 0.15) is 12.4 Å². The van der Waals surface area contributed by atoms with Gasteiger partial charge in [-0.15, -0.1) is 0 Å². The molecule has 5 nitrogen and oxygen atoms in total. The summed E-state index contributed by atoms with van der Waals surface area (Å²) >= 11 is 6.20. The zero-order chi connectivity index (χ0) is 18.1. The molecule has 2 aromatic rings. The molecule has 1 aliphatic carbocycles. The molecular formula is C20H19ClNNaO4. The maximum absolute atomic E-state index is 11.4. The average molecular weight is 396 g/mol. The molecule has 0 amide bonds. The summed E-state index contributed by atoms with van der Waals surface area (Å²) in [5.74, 6) is -0.0362. The van der Waals surface area contributed by atoms with Crippen LogP contribution in [0.4, 0.5) is 5.69 Å². The topological polar surface area (TPSA) is 61.8 Å². The molecule has 0 atom stereocenters. The van der Waals surface area contributed by atoms with Crippen LogP contribution in [0.1, 0.15) is 35.2 Å². The molecule has 1 saturated carbocycles. The number of halogens is 1. The van der Waals surface area contributed by atoms with Gasteiger partial charge in [-0.1, -0.05) is 17.7 Å². The number of rotatable bonds is 5. The summed E-state index contributed by atoms with van der Waals surface area (Å²) in [5, 5.41) is 12.0. The number of aromatic carboxylic acids is 1. The van der Waals surface area contributed by atoms with Crippen LogP contribution in [0.5, 0.6) is 11.5 Å². The number of anilines is 1. The van der Waals surface area contributed by atoms with Gasteiger partial charge in [0.25, 0.3) is 0 Å². The number of carboxylic acid groups (broad SMARTS) is 1. The Bertz CT molecular complexity index is 841. The molecule has 1 heterocycles. The predicted molar refractivity (Wildman–Crippen MR) is 97.0 cm³/mol. The first kappa shape index (κ1) is 20.3. The van der Waals surface area contributed by atoms with E-state index in [0.717, 1.165) is 29.8 Å². The van der Waals surface area contributed by atoms with Crippen molar-refractivity contribution in [3.63, 3.8) is 0 Å². The van der Waals surface area contributed by atoms with Crippen molar-refractivity contribution in [2.75, 3.05) is 18.1 Å². The summed E-state index contributed by atoms with van der Waals surface area (Å²) in [6, 6.07) is 10.7. The molecule has 0 spiro atoms. The molecule has 2 aliphatic rings. The number of hydrogen-bond acceptors (Lipinski definition) is 5. The van der Waals surface area contributed by atoms with Crippen molar-refractivity contribution in [1.29, 1.82) is 0 Å². The number of hydrogen-bond donors (Lipinski definition) is 0. The van der Waals surface area contributed by atoms with E-state index < -0.39 is 5.97 Å². The van der Waals surface area contributed by atoms with Crippen LogP contribution in [0.15, 0.2) is 36.4 Å². The van der Waals surface area contributed by atoms with Gasteiger partial charge >= 0.3 is 29.6 Å². The standard InChI is InChI=1S/C20H20ClNO4.Na/c21-14-7-8-18(26-15-3-1-4-15)13(11-14)12-22-9-10-25-19-16(20(23)24)5-2-6-17(19)22;/h2,5-8,11,15H,1,3-4,9-10,12H2,(H,23,24);/q;+1/p-1. The maximum atomic E-state index is 11.4. The summed E-state index contributed by atoms with van der Waals surface area (Å²) < 4.78 is 11.7. The van der Waals surface area contributed by atoms with E-state index in [2.05, 4.69) is 4.90 Å². The Morgan fingerprint density at radius 1 is 1.30 bits per heavy atom. The zero-order valence-electron chi connectivity index (χ0n) is 15.2. The van der Waals surface area contributed by atoms with Crippen molar-refractivity contribution in [2.45, 2.75) is 31.9 Å². The third-order valence-electron chi connectivity index (χ3n) is 4.89. The fourth-order valence-electron chi connectivity index (χ4n) is 3.29. The Kier molecular flexibility index (Phi) is 6.58. The number of carbonyl (C=O) groups is 1. The molecule has 0 unspecified atom stereocenters. The van der Waals surface area contributed by atoms with Gasteiger partial charge in [0.15, 0.2) is 5.75 Å². The van der Waals surface area contributed by atoms with Gasteiger partial charge in [0, 0.05) is 22.7 Å². The number of nitrogens with zero attached hydrogens (tertiary/aromatic N) is 1. The van der Waals surface area contributed by atoms with Crippen LogP contribution in [-0.2, 0) is 6.54 Å². The van der Waals surface area contributed by atoms with E-state index in [1.165, 1.54) is 12.5 Å². The van der Waals surface area contributed by atoms with Gasteiger partial charge in [0.2, 0.25) is 0 Å². The number of carbonyl (C=O) groups excluding carboxylic acids is 1. The van der Waals surface area contributed by atoms with Crippen LogP contribution in [0.2, 0.25) is 5.02 Å². The smallest absolute Gasteiger partial charge is 0.545 e. The summed E-state index contributed by atoms with van der Waals surface area (Å²) in [7, 11) is 0. The molecule has 1 fully saturated rings. The molecule has 0 radical (unpaired) electrons. The van der Waals surface area contributed by atoms with Gasteiger partial charge in [-0.3, -0.25) is 0 Å². The van der Waals surface area contributed by atoms with Crippen molar-refractivity contribution in [2.24, 2.45) is 0 Å². The minimum absolute atomic E-state index is 0. The van der Waals surface area contributed by atoms with Gasteiger partial charge in [-0.05, 0) is 49.6 Å². The Hall–Kier alpha value is -1.40. The van der Waals surface area contributed by atoms with Crippen LogP contribution in [0.3, 0.4) is 0 Å². The first-order chi connectivity index (χ1) is 12.6. The first-order valence-electron chi connectivity index (χ1n) is 8.79. The predicted octanol–water partition coefficient (Wildman–Crippen LogP) is 0.0378. The van der Waals surface area contributed by atoms with Crippen LogP contribution >= 0.6 is 11.6 Å². The number of para-hydroxylation sites is 1. The van der Waals surface area contributed by atoms with E-state index in [1.807, 2.05) is 24.3 Å². The summed E-state index contributed by atoms with van der Waals surface area (Å²) in [6.45, 7) is 1.63. The number of benzene rings is 2. The minimum Gasteiger partial charge on any atom is -0.545 e. The monoisotopic (exact) mass is 395 g/mol. The van der Waals surface area contributed by atoms with E-state index in [4.69, 9.17) is 21.1 Å². The minimum atomic E-state index is -1.24. The van der Waals surface area contributed by atoms with Crippen LogP contribution in [-0.4, -0.2) is 25.2 Å². The Balaban J connectivity index is 0.00000210.